The maximum absolute atomic E-state index is 14.3. The summed E-state index contributed by atoms with van der Waals surface area (Å²) in [6.45, 7) is 10.8. The van der Waals surface area contributed by atoms with E-state index in [-0.39, 0.29) is 29.3 Å². The van der Waals surface area contributed by atoms with Crippen molar-refractivity contribution in [3.05, 3.63) is 52.4 Å². The van der Waals surface area contributed by atoms with Gasteiger partial charge in [0.25, 0.3) is 0 Å². The number of methoxy groups -OCH3 is 1. The van der Waals surface area contributed by atoms with E-state index in [1.165, 1.54) is 0 Å². The quantitative estimate of drug-likeness (QED) is 0.567. The molecule has 1 N–H and O–H groups in total. The van der Waals surface area contributed by atoms with Crippen molar-refractivity contribution in [2.75, 3.05) is 51.3 Å². The zero-order valence-electron chi connectivity index (χ0n) is 22.9. The van der Waals surface area contributed by atoms with E-state index in [9.17, 15) is 9.90 Å². The number of likely N-dealkylation sites (tertiary alicyclic amines) is 1. The molecule has 5 rings (SSSR count). The number of nitrogens with zero attached hydrogens (tertiary/aromatic N) is 5. The Morgan fingerprint density at radius 2 is 1.89 bits per heavy atom. The first-order chi connectivity index (χ1) is 18.2. The molecule has 0 radical (unpaired) electrons. The van der Waals surface area contributed by atoms with Gasteiger partial charge < -0.3 is 19.6 Å². The molecular formula is C29H40ClN5O3. The van der Waals surface area contributed by atoms with E-state index in [1.54, 1.807) is 13.4 Å². The minimum atomic E-state index is -0.526. The predicted molar refractivity (Wildman–Crippen MR) is 149 cm³/mol. The van der Waals surface area contributed by atoms with Gasteiger partial charge in [-0.25, -0.2) is 9.97 Å². The molecule has 1 aliphatic carbocycles. The summed E-state index contributed by atoms with van der Waals surface area (Å²) in [6.07, 6.45) is 3.71. The number of piperazine rings is 1. The monoisotopic (exact) mass is 541 g/mol. The van der Waals surface area contributed by atoms with Crippen LogP contribution in [0.4, 0.5) is 5.82 Å². The third-order valence-electron chi connectivity index (χ3n) is 8.82. The Balaban J connectivity index is 1.37. The SMILES string of the molecule is COCCN1[C@H]([C@@H](C(=O)N2CCN(c3ncnc4c3[C@H](C)C[C@H]4O)CC2)c2ccc(Cl)cc2)CCC1(C)C. The smallest absolute Gasteiger partial charge is 0.231 e. The number of anilines is 1. The normalized spacial score (nSPS) is 26.0. The Hall–Kier alpha value is -2.26. The second kappa shape index (κ2) is 11.1. The van der Waals surface area contributed by atoms with Crippen LogP contribution >= 0.6 is 11.6 Å². The largest absolute Gasteiger partial charge is 0.387 e. The third kappa shape index (κ3) is 5.16. The number of hydrogen-bond acceptors (Lipinski definition) is 7. The van der Waals surface area contributed by atoms with Crippen molar-refractivity contribution in [3.8, 4) is 0 Å². The van der Waals surface area contributed by atoms with Gasteiger partial charge in [-0.15, -0.1) is 0 Å². The zero-order chi connectivity index (χ0) is 27.0. The van der Waals surface area contributed by atoms with Crippen LogP contribution in [0.15, 0.2) is 30.6 Å². The summed E-state index contributed by atoms with van der Waals surface area (Å²) in [5.41, 5.74) is 2.83. The summed E-state index contributed by atoms with van der Waals surface area (Å²) >= 11 is 6.23. The minimum Gasteiger partial charge on any atom is -0.387 e. The highest BCUT2D eigenvalue weighted by molar-refractivity contribution is 6.30. The molecule has 0 bridgehead atoms. The van der Waals surface area contributed by atoms with E-state index in [0.29, 0.717) is 44.2 Å². The fourth-order valence-corrected chi connectivity index (χ4v) is 6.87. The third-order valence-corrected chi connectivity index (χ3v) is 9.07. The summed E-state index contributed by atoms with van der Waals surface area (Å²) < 4.78 is 5.44. The second-order valence-corrected chi connectivity index (χ2v) is 12.0. The van der Waals surface area contributed by atoms with Crippen LogP contribution in [0.1, 0.15) is 74.8 Å². The lowest BCUT2D eigenvalue weighted by molar-refractivity contribution is -0.135. The maximum atomic E-state index is 14.3. The van der Waals surface area contributed by atoms with Gasteiger partial charge >= 0.3 is 0 Å². The number of benzene rings is 1. The van der Waals surface area contributed by atoms with E-state index in [0.717, 1.165) is 42.0 Å². The Morgan fingerprint density at radius 1 is 1.18 bits per heavy atom. The molecular weight excluding hydrogens is 502 g/mol. The van der Waals surface area contributed by atoms with E-state index >= 15 is 0 Å². The molecule has 2 aliphatic heterocycles. The van der Waals surface area contributed by atoms with Crippen molar-refractivity contribution in [1.82, 2.24) is 19.8 Å². The van der Waals surface area contributed by atoms with Gasteiger partial charge in [0.1, 0.15) is 12.1 Å². The average Bonchev–Trinajstić information content (AvgIpc) is 3.37. The number of hydrogen-bond donors (Lipinski definition) is 1. The number of carbonyl (C=O) groups is 1. The molecule has 0 spiro atoms. The molecule has 0 saturated carbocycles. The van der Waals surface area contributed by atoms with Crippen LogP contribution in [0.3, 0.4) is 0 Å². The maximum Gasteiger partial charge on any atom is 0.231 e. The molecule has 0 unspecified atom stereocenters. The number of carbonyl (C=O) groups excluding carboxylic acids is 1. The lowest BCUT2D eigenvalue weighted by atomic mass is 9.88. The molecule has 3 aliphatic rings. The summed E-state index contributed by atoms with van der Waals surface area (Å²) in [5.74, 6) is 1.03. The number of aliphatic hydroxyl groups is 1. The van der Waals surface area contributed by atoms with Crippen LogP contribution in [-0.2, 0) is 9.53 Å². The molecule has 2 aromatic rings. The molecule has 9 heteroatoms. The highest BCUT2D eigenvalue weighted by atomic mass is 35.5. The lowest BCUT2D eigenvalue weighted by Gasteiger charge is -2.42. The van der Waals surface area contributed by atoms with Gasteiger partial charge in [0.2, 0.25) is 5.91 Å². The van der Waals surface area contributed by atoms with E-state index in [4.69, 9.17) is 16.3 Å². The number of fused-ring (bicyclic) bond motifs is 1. The van der Waals surface area contributed by atoms with E-state index < -0.39 is 6.10 Å². The van der Waals surface area contributed by atoms with Crippen LogP contribution in [0.25, 0.3) is 0 Å². The molecule has 3 heterocycles. The Labute approximate surface area is 230 Å². The topological polar surface area (TPSA) is 82.0 Å². The van der Waals surface area contributed by atoms with E-state index in [2.05, 4.69) is 40.5 Å². The summed E-state index contributed by atoms with van der Waals surface area (Å²) in [4.78, 5) is 30.0. The second-order valence-electron chi connectivity index (χ2n) is 11.6. The molecule has 2 saturated heterocycles. The summed E-state index contributed by atoms with van der Waals surface area (Å²) in [6, 6.07) is 7.90. The molecule has 206 valence electrons. The fourth-order valence-electron chi connectivity index (χ4n) is 6.74. The number of amides is 1. The first-order valence-electron chi connectivity index (χ1n) is 13.8. The van der Waals surface area contributed by atoms with Gasteiger partial charge in [-0.1, -0.05) is 30.7 Å². The summed E-state index contributed by atoms with van der Waals surface area (Å²) in [7, 11) is 1.73. The van der Waals surface area contributed by atoms with Crippen molar-refractivity contribution < 1.29 is 14.6 Å². The Bertz CT molecular complexity index is 1140. The molecule has 4 atom stereocenters. The average molecular weight is 542 g/mol. The predicted octanol–water partition coefficient (Wildman–Crippen LogP) is 3.99. The van der Waals surface area contributed by atoms with Gasteiger partial charge in [-0.3, -0.25) is 9.69 Å². The molecule has 1 amide bonds. The number of aliphatic hydroxyl groups excluding tert-OH is 1. The number of rotatable bonds is 7. The first kappa shape index (κ1) is 27.3. The van der Waals surface area contributed by atoms with Crippen LogP contribution in [0.2, 0.25) is 5.02 Å². The fraction of sp³-hybridized carbons (Fsp3) is 0.621. The van der Waals surface area contributed by atoms with Crippen molar-refractivity contribution in [2.24, 2.45) is 0 Å². The Kier molecular flexibility index (Phi) is 7.96. The number of ether oxygens (including phenoxy) is 1. The molecule has 8 nitrogen and oxygen atoms in total. The Morgan fingerprint density at radius 3 is 2.58 bits per heavy atom. The van der Waals surface area contributed by atoms with Gasteiger partial charge in [-0.2, -0.15) is 0 Å². The van der Waals surface area contributed by atoms with Crippen LogP contribution < -0.4 is 4.90 Å². The van der Waals surface area contributed by atoms with Crippen LogP contribution in [-0.4, -0.2) is 88.8 Å². The molecule has 38 heavy (non-hydrogen) atoms. The summed E-state index contributed by atoms with van der Waals surface area (Å²) in [5, 5.41) is 11.1. The van der Waals surface area contributed by atoms with Crippen LogP contribution in [0.5, 0.6) is 0 Å². The zero-order valence-corrected chi connectivity index (χ0v) is 23.7. The minimum absolute atomic E-state index is 0.00149. The van der Waals surface area contributed by atoms with Crippen molar-refractivity contribution >= 4 is 23.3 Å². The van der Waals surface area contributed by atoms with Gasteiger partial charge in [-0.05, 0) is 56.7 Å². The number of aromatic nitrogens is 2. The molecule has 2 fully saturated rings. The van der Waals surface area contributed by atoms with Gasteiger partial charge in [0.05, 0.1) is 24.3 Å². The molecule has 1 aromatic heterocycles. The first-order valence-corrected chi connectivity index (χ1v) is 14.2. The van der Waals surface area contributed by atoms with Crippen molar-refractivity contribution in [1.29, 1.82) is 0 Å². The lowest BCUT2D eigenvalue weighted by Crippen LogP contribution is -2.54. The highest BCUT2D eigenvalue weighted by Crippen LogP contribution is 2.44. The van der Waals surface area contributed by atoms with Crippen molar-refractivity contribution in [2.45, 2.75) is 69.6 Å². The van der Waals surface area contributed by atoms with E-state index in [1.807, 2.05) is 29.2 Å². The highest BCUT2D eigenvalue weighted by Gasteiger charge is 2.46. The van der Waals surface area contributed by atoms with Gasteiger partial charge in [0, 0.05) is 62.0 Å². The van der Waals surface area contributed by atoms with Crippen molar-refractivity contribution in [3.63, 3.8) is 0 Å². The van der Waals surface area contributed by atoms with Crippen LogP contribution in [0, 0.1) is 0 Å². The number of halogens is 1. The molecule has 1 aromatic carbocycles. The van der Waals surface area contributed by atoms with Gasteiger partial charge in [0.15, 0.2) is 0 Å². The standard InChI is InChI=1S/C29H40ClN5O3/c1-19-17-23(36)26-24(19)27(32-18-31-26)33-11-13-34(14-12-33)28(37)25(20-5-7-21(30)8-6-20)22-9-10-29(2,3)35(22)15-16-38-4/h5-8,18-19,22-23,25,36H,9-17H2,1-4H3/t19-,22+,23-,25+/m1/s1.